The summed E-state index contributed by atoms with van der Waals surface area (Å²) in [6.45, 7) is 2.43. The molecule has 0 unspecified atom stereocenters. The van der Waals surface area contributed by atoms with Crippen LogP contribution in [0.1, 0.15) is 30.6 Å². The number of rotatable bonds is 3. The Hall–Kier alpha value is -2.63. The number of aliphatic hydroxyl groups is 1. The molecule has 0 saturated carbocycles. The Kier molecular flexibility index (Phi) is 4.45. The van der Waals surface area contributed by atoms with Crippen molar-refractivity contribution in [1.82, 2.24) is 15.2 Å². The van der Waals surface area contributed by atoms with E-state index in [1.54, 1.807) is 6.92 Å². The lowest BCUT2D eigenvalue weighted by atomic mass is 9.80. The fourth-order valence-corrected chi connectivity index (χ4v) is 5.35. The standard InChI is InChI=1S/C24H27N3O2/c1-14(28)21-19(25-2)13-20-23-18(11-12-27(20)24(21)29)17-10-6-9-16(22(17)26-23)15-7-4-3-5-8-15/h3-10,14,19-21,25-26,28H,11-13H2,1-2H3/t14-,19-,20-,21-/m0/s1. The van der Waals surface area contributed by atoms with E-state index >= 15 is 0 Å². The second-order valence-corrected chi connectivity index (χ2v) is 8.31. The van der Waals surface area contributed by atoms with Crippen LogP contribution in [0.25, 0.3) is 22.0 Å². The Morgan fingerprint density at radius 3 is 2.69 bits per heavy atom. The number of hydrogen-bond donors (Lipinski definition) is 3. The first-order chi connectivity index (χ1) is 14.1. The third-order valence-corrected chi connectivity index (χ3v) is 6.74. The average molecular weight is 389 g/mol. The first-order valence-corrected chi connectivity index (χ1v) is 10.4. The molecule has 3 aromatic rings. The molecule has 3 heterocycles. The van der Waals surface area contributed by atoms with Crippen molar-refractivity contribution in [2.75, 3.05) is 13.6 Å². The molecule has 2 aliphatic heterocycles. The van der Waals surface area contributed by atoms with E-state index in [4.69, 9.17) is 0 Å². The van der Waals surface area contributed by atoms with E-state index in [1.807, 2.05) is 18.0 Å². The highest BCUT2D eigenvalue weighted by atomic mass is 16.3. The first kappa shape index (κ1) is 18.4. The number of para-hydroxylation sites is 1. The summed E-state index contributed by atoms with van der Waals surface area (Å²) in [6.07, 6.45) is 0.986. The van der Waals surface area contributed by atoms with Crippen LogP contribution in [0.5, 0.6) is 0 Å². The van der Waals surface area contributed by atoms with Crippen molar-refractivity contribution < 1.29 is 9.90 Å². The summed E-state index contributed by atoms with van der Waals surface area (Å²) in [5, 5.41) is 14.8. The number of carbonyl (C=O) groups is 1. The van der Waals surface area contributed by atoms with Crippen molar-refractivity contribution in [2.45, 2.75) is 38.0 Å². The predicted octanol–water partition coefficient (Wildman–Crippen LogP) is 3.25. The second kappa shape index (κ2) is 7.01. The van der Waals surface area contributed by atoms with Crippen LogP contribution in [0, 0.1) is 5.92 Å². The molecule has 1 saturated heterocycles. The summed E-state index contributed by atoms with van der Waals surface area (Å²) < 4.78 is 0. The fourth-order valence-electron chi connectivity index (χ4n) is 5.35. The minimum Gasteiger partial charge on any atom is -0.393 e. The fraction of sp³-hybridized carbons (Fsp3) is 0.375. The maximum absolute atomic E-state index is 13.2. The molecule has 1 amide bonds. The lowest BCUT2D eigenvalue weighted by Crippen LogP contribution is -2.58. The minimum atomic E-state index is -0.658. The van der Waals surface area contributed by atoms with Crippen LogP contribution >= 0.6 is 0 Å². The third kappa shape index (κ3) is 2.80. The lowest BCUT2D eigenvalue weighted by Gasteiger charge is -2.46. The van der Waals surface area contributed by atoms with Crippen LogP contribution in [0.3, 0.4) is 0 Å². The number of H-pyrrole nitrogens is 1. The van der Waals surface area contributed by atoms with Crippen molar-refractivity contribution in [1.29, 1.82) is 0 Å². The largest absolute Gasteiger partial charge is 0.393 e. The monoisotopic (exact) mass is 389 g/mol. The van der Waals surface area contributed by atoms with Crippen LogP contribution in [0.15, 0.2) is 48.5 Å². The maximum Gasteiger partial charge on any atom is 0.230 e. The van der Waals surface area contributed by atoms with E-state index in [-0.39, 0.29) is 23.9 Å². The van der Waals surface area contributed by atoms with Crippen LogP contribution in [-0.2, 0) is 11.2 Å². The summed E-state index contributed by atoms with van der Waals surface area (Å²) in [5.41, 5.74) is 6.02. The highest BCUT2D eigenvalue weighted by Crippen LogP contribution is 2.43. The molecule has 0 bridgehead atoms. The molecule has 3 N–H and O–H groups in total. The molecule has 0 radical (unpaired) electrons. The number of hydrogen-bond acceptors (Lipinski definition) is 3. The first-order valence-electron chi connectivity index (χ1n) is 10.4. The minimum absolute atomic E-state index is 0.0229. The van der Waals surface area contributed by atoms with Gasteiger partial charge in [-0.15, -0.1) is 0 Å². The summed E-state index contributed by atoms with van der Waals surface area (Å²) in [7, 11) is 1.88. The van der Waals surface area contributed by atoms with Crippen LogP contribution in [0.4, 0.5) is 0 Å². The number of nitrogens with zero attached hydrogens (tertiary/aromatic N) is 1. The van der Waals surface area contributed by atoms with Crippen LogP contribution in [0.2, 0.25) is 0 Å². The molecule has 5 rings (SSSR count). The molecule has 5 heteroatoms. The van der Waals surface area contributed by atoms with Crippen molar-refractivity contribution in [3.05, 3.63) is 59.8 Å². The van der Waals surface area contributed by atoms with E-state index in [1.165, 1.54) is 22.1 Å². The number of fused-ring (bicyclic) bond motifs is 5. The van der Waals surface area contributed by atoms with Gasteiger partial charge in [0.15, 0.2) is 0 Å². The van der Waals surface area contributed by atoms with Gasteiger partial charge in [0.25, 0.3) is 0 Å². The molecule has 0 aliphatic carbocycles. The van der Waals surface area contributed by atoms with Crippen molar-refractivity contribution in [2.24, 2.45) is 5.92 Å². The van der Waals surface area contributed by atoms with Gasteiger partial charge >= 0.3 is 0 Å². The van der Waals surface area contributed by atoms with Gasteiger partial charge in [-0.2, -0.15) is 0 Å². The average Bonchev–Trinajstić information content (AvgIpc) is 3.13. The van der Waals surface area contributed by atoms with Gasteiger partial charge in [0, 0.05) is 29.2 Å². The number of benzene rings is 2. The summed E-state index contributed by atoms with van der Waals surface area (Å²) >= 11 is 0. The summed E-state index contributed by atoms with van der Waals surface area (Å²) in [4.78, 5) is 18.9. The highest BCUT2D eigenvalue weighted by Gasteiger charge is 2.46. The molecule has 29 heavy (non-hydrogen) atoms. The van der Waals surface area contributed by atoms with Crippen molar-refractivity contribution in [3.63, 3.8) is 0 Å². The van der Waals surface area contributed by atoms with Crippen molar-refractivity contribution in [3.8, 4) is 11.1 Å². The summed E-state index contributed by atoms with van der Waals surface area (Å²) in [5.74, 6) is -0.328. The Labute approximate surface area is 170 Å². The van der Waals surface area contributed by atoms with Crippen LogP contribution < -0.4 is 5.32 Å². The third-order valence-electron chi connectivity index (χ3n) is 6.74. The molecule has 1 fully saturated rings. The Morgan fingerprint density at radius 1 is 1.17 bits per heavy atom. The maximum atomic E-state index is 13.2. The molecular formula is C24H27N3O2. The number of aromatic amines is 1. The quantitative estimate of drug-likeness (QED) is 0.644. The van der Waals surface area contributed by atoms with Gasteiger partial charge < -0.3 is 20.3 Å². The Bertz CT molecular complexity index is 1060. The van der Waals surface area contributed by atoms with Gasteiger partial charge in [-0.25, -0.2) is 0 Å². The number of carbonyl (C=O) groups excluding carboxylic acids is 1. The van der Waals surface area contributed by atoms with E-state index in [0.29, 0.717) is 6.54 Å². The topological polar surface area (TPSA) is 68.4 Å². The Balaban J connectivity index is 1.62. The van der Waals surface area contributed by atoms with Gasteiger partial charge in [0.05, 0.1) is 23.6 Å². The van der Waals surface area contributed by atoms with Gasteiger partial charge in [-0.05, 0) is 37.9 Å². The highest BCUT2D eigenvalue weighted by molar-refractivity contribution is 5.97. The summed E-state index contributed by atoms with van der Waals surface area (Å²) in [6, 6.07) is 16.9. The smallest absolute Gasteiger partial charge is 0.230 e. The second-order valence-electron chi connectivity index (χ2n) is 8.31. The molecule has 2 aliphatic rings. The zero-order chi connectivity index (χ0) is 20.1. The Morgan fingerprint density at radius 2 is 1.97 bits per heavy atom. The van der Waals surface area contributed by atoms with Crippen molar-refractivity contribution >= 4 is 16.8 Å². The predicted molar refractivity (Wildman–Crippen MR) is 115 cm³/mol. The number of nitrogens with one attached hydrogen (secondary N) is 2. The van der Waals surface area contributed by atoms with E-state index in [2.05, 4.69) is 52.8 Å². The molecule has 150 valence electrons. The lowest BCUT2D eigenvalue weighted by molar-refractivity contribution is -0.149. The molecule has 2 aromatic carbocycles. The molecule has 1 aromatic heterocycles. The SMILES string of the molecule is CN[C@H]1C[C@H]2c3[nH]c4c(-c5ccccc5)cccc4c3CCN2C(=O)[C@H]1[C@H](C)O. The van der Waals surface area contributed by atoms with Gasteiger partial charge in [0.2, 0.25) is 5.91 Å². The molecular weight excluding hydrogens is 362 g/mol. The van der Waals surface area contributed by atoms with Gasteiger partial charge in [0.1, 0.15) is 0 Å². The zero-order valence-electron chi connectivity index (χ0n) is 16.9. The van der Waals surface area contributed by atoms with E-state index in [0.717, 1.165) is 24.1 Å². The zero-order valence-corrected chi connectivity index (χ0v) is 16.9. The number of aromatic nitrogens is 1. The van der Waals surface area contributed by atoms with Gasteiger partial charge in [-0.1, -0.05) is 48.5 Å². The molecule has 5 nitrogen and oxygen atoms in total. The molecule has 4 atom stereocenters. The number of aliphatic hydroxyl groups excluding tert-OH is 1. The number of amides is 1. The van der Waals surface area contributed by atoms with E-state index in [9.17, 15) is 9.90 Å². The number of piperidine rings is 1. The van der Waals surface area contributed by atoms with Gasteiger partial charge in [-0.3, -0.25) is 4.79 Å². The van der Waals surface area contributed by atoms with Crippen LogP contribution in [-0.4, -0.2) is 46.6 Å². The normalized spacial score (nSPS) is 25.0. The van der Waals surface area contributed by atoms with E-state index < -0.39 is 6.10 Å². The molecule has 0 spiro atoms.